The van der Waals surface area contributed by atoms with Crippen molar-refractivity contribution in [1.82, 2.24) is 19.1 Å². The van der Waals surface area contributed by atoms with E-state index >= 15 is 0 Å². The third kappa shape index (κ3) is 10.1. The molecule has 3 aromatic heterocycles. The minimum absolute atomic E-state index is 0.0611. The lowest BCUT2D eigenvalue weighted by atomic mass is 9.85. The van der Waals surface area contributed by atoms with E-state index in [1.165, 1.54) is 68.1 Å². The van der Waals surface area contributed by atoms with Crippen molar-refractivity contribution in [1.29, 1.82) is 0 Å². The van der Waals surface area contributed by atoms with Crippen LogP contribution < -0.4 is 0 Å². The molecule has 3 heterocycles. The molecule has 0 saturated heterocycles. The van der Waals surface area contributed by atoms with Crippen LogP contribution >= 0.6 is 0 Å². The van der Waals surface area contributed by atoms with Crippen LogP contribution in [0.3, 0.4) is 0 Å². The average Bonchev–Trinajstić information content (AvgIpc) is 3.46. The normalized spacial score (nSPS) is 13.1. The molecule has 0 aliphatic carbocycles. The molecule has 0 aliphatic heterocycles. The molecule has 84 heavy (non-hydrogen) atoms. The predicted octanol–water partition coefficient (Wildman–Crippen LogP) is 21.7. The average molecular weight is 1130 g/mol. The number of aromatic nitrogens is 4. The molecule has 0 N–H and O–H groups in total. The number of nitrogens with zero attached hydrogens (tertiary/aromatic N) is 4. The topological polar surface area (TPSA) is 35.6 Å². The SMILES string of the molecule is CC(C)(C)c1ccc2c(c1)c1cc(C(C)(C)C)ccc1n2-c1ccc(-c2cc3nc(-c4ccc(C(F)(F)F)cc4)c(-c4ccc(C(F)(F)F)cc4)nc3cc2-c2ccc(-n3c4ccc(C(C)(C)C)cc4c4cc(C(C)(C)C)ccc43)cc2)cc1. The van der Waals surface area contributed by atoms with Gasteiger partial charge in [0.15, 0.2) is 0 Å². The molecule has 0 spiro atoms. The molecule has 0 atom stereocenters. The first-order valence-electron chi connectivity index (χ1n) is 28.5. The van der Waals surface area contributed by atoms with E-state index in [0.29, 0.717) is 22.2 Å². The van der Waals surface area contributed by atoms with Crippen LogP contribution in [0.4, 0.5) is 26.3 Å². The van der Waals surface area contributed by atoms with Gasteiger partial charge in [-0.2, -0.15) is 26.3 Å². The number of hydrogen-bond acceptors (Lipinski definition) is 2. The summed E-state index contributed by atoms with van der Waals surface area (Å²) in [6.07, 6.45) is -9.18. The number of rotatable bonds is 6. The molecule has 4 nitrogen and oxygen atoms in total. The van der Waals surface area contributed by atoms with Crippen molar-refractivity contribution in [3.05, 3.63) is 215 Å². The Balaban J connectivity index is 1.06. The van der Waals surface area contributed by atoms with Gasteiger partial charge in [-0.05, 0) is 175 Å². The van der Waals surface area contributed by atoms with E-state index in [-0.39, 0.29) is 33.0 Å². The van der Waals surface area contributed by atoms with Crippen LogP contribution in [0.2, 0.25) is 0 Å². The van der Waals surface area contributed by atoms with Gasteiger partial charge >= 0.3 is 12.4 Å². The van der Waals surface area contributed by atoms with Crippen molar-refractivity contribution in [3.8, 4) is 56.1 Å². The van der Waals surface area contributed by atoms with Crippen molar-refractivity contribution in [3.63, 3.8) is 0 Å². The Bertz CT molecular complexity index is 4110. The van der Waals surface area contributed by atoms with E-state index in [9.17, 15) is 26.3 Å². The molecule has 0 amide bonds. The van der Waals surface area contributed by atoms with E-state index in [4.69, 9.17) is 9.97 Å². The lowest BCUT2D eigenvalue weighted by molar-refractivity contribution is -0.138. The van der Waals surface area contributed by atoms with Gasteiger partial charge in [-0.3, -0.25) is 0 Å². The molecule has 9 aromatic carbocycles. The molecular formula is C74H66F6N4. The molecule has 0 aliphatic rings. The quantitative estimate of drug-likeness (QED) is 0.156. The summed E-state index contributed by atoms with van der Waals surface area (Å²) in [5, 5.41) is 4.71. The lowest BCUT2D eigenvalue weighted by Gasteiger charge is -2.19. The molecule has 12 aromatic rings. The Morgan fingerprint density at radius 2 is 0.512 bits per heavy atom. The first-order valence-corrected chi connectivity index (χ1v) is 28.5. The summed E-state index contributed by atoms with van der Waals surface area (Å²) in [6.45, 7) is 26.8. The van der Waals surface area contributed by atoms with Gasteiger partial charge in [0.1, 0.15) is 0 Å². The molecule has 424 valence electrons. The summed E-state index contributed by atoms with van der Waals surface area (Å²) in [7, 11) is 0. The number of halogens is 6. The van der Waals surface area contributed by atoms with Crippen LogP contribution in [0.1, 0.15) is 116 Å². The zero-order valence-electron chi connectivity index (χ0n) is 49.4. The summed E-state index contributed by atoms with van der Waals surface area (Å²) >= 11 is 0. The van der Waals surface area contributed by atoms with Gasteiger partial charge in [0.05, 0.1) is 55.6 Å². The van der Waals surface area contributed by atoms with Crippen LogP contribution in [-0.4, -0.2) is 19.1 Å². The fraction of sp³-hybridized carbons (Fsp3) is 0.243. The Morgan fingerprint density at radius 3 is 0.750 bits per heavy atom. The number of fused-ring (bicyclic) bond motifs is 7. The second-order valence-corrected chi connectivity index (χ2v) is 26.6. The van der Waals surface area contributed by atoms with Crippen molar-refractivity contribution >= 4 is 54.6 Å². The zero-order valence-corrected chi connectivity index (χ0v) is 49.4. The minimum Gasteiger partial charge on any atom is -0.309 e. The third-order valence-corrected chi connectivity index (χ3v) is 16.6. The summed E-state index contributed by atoms with van der Waals surface area (Å²) < 4.78 is 88.2. The smallest absolute Gasteiger partial charge is 0.309 e. The predicted molar refractivity (Wildman–Crippen MR) is 335 cm³/mol. The highest BCUT2D eigenvalue weighted by Crippen LogP contribution is 2.44. The molecule has 0 radical (unpaired) electrons. The fourth-order valence-corrected chi connectivity index (χ4v) is 11.7. The molecule has 10 heteroatoms. The van der Waals surface area contributed by atoms with Gasteiger partial charge in [0.2, 0.25) is 0 Å². The molecule has 0 fully saturated rings. The summed E-state index contributed by atoms with van der Waals surface area (Å²) in [5.41, 5.74) is 14.7. The summed E-state index contributed by atoms with van der Waals surface area (Å²) in [5.74, 6) is 0. The highest BCUT2D eigenvalue weighted by Gasteiger charge is 2.32. The zero-order chi connectivity index (χ0) is 59.8. The van der Waals surface area contributed by atoms with Crippen molar-refractivity contribution in [2.75, 3.05) is 0 Å². The maximum Gasteiger partial charge on any atom is 0.416 e. The van der Waals surface area contributed by atoms with Crippen molar-refractivity contribution in [2.24, 2.45) is 0 Å². The maximum absolute atomic E-state index is 13.9. The number of alkyl halides is 6. The molecule has 0 bridgehead atoms. The Kier molecular flexibility index (Phi) is 13.0. The number of hydrogen-bond donors (Lipinski definition) is 0. The largest absolute Gasteiger partial charge is 0.416 e. The highest BCUT2D eigenvalue weighted by molar-refractivity contribution is 6.11. The van der Waals surface area contributed by atoms with Gasteiger partial charge in [-0.15, -0.1) is 0 Å². The summed E-state index contributed by atoms with van der Waals surface area (Å²) in [4.78, 5) is 10.3. The van der Waals surface area contributed by atoms with Gasteiger partial charge < -0.3 is 9.13 Å². The highest BCUT2D eigenvalue weighted by atomic mass is 19.4. The Hall–Kier alpha value is -8.50. The van der Waals surface area contributed by atoms with Gasteiger partial charge in [-0.1, -0.05) is 156 Å². The molecular weight excluding hydrogens is 1060 g/mol. The Labute approximate surface area is 486 Å². The first-order chi connectivity index (χ1) is 39.4. The van der Waals surface area contributed by atoms with E-state index in [1.54, 1.807) is 0 Å². The van der Waals surface area contributed by atoms with Crippen LogP contribution in [0, 0.1) is 0 Å². The van der Waals surface area contributed by atoms with E-state index in [0.717, 1.165) is 80.0 Å². The second kappa shape index (κ2) is 19.5. The van der Waals surface area contributed by atoms with Gasteiger partial charge in [0, 0.05) is 44.0 Å². The minimum atomic E-state index is -4.59. The summed E-state index contributed by atoms with van der Waals surface area (Å²) in [6, 6.07) is 57.2. The van der Waals surface area contributed by atoms with E-state index in [2.05, 4.69) is 214 Å². The Morgan fingerprint density at radius 1 is 0.274 bits per heavy atom. The van der Waals surface area contributed by atoms with Crippen LogP contribution in [0.15, 0.2) is 182 Å². The molecule has 0 unspecified atom stereocenters. The standard InChI is InChI=1S/C74H66F6N4/c1-69(2,3)49-25-33-63-57(37-49)58-38-50(70(4,5)6)26-34-64(58)83(63)53-29-17-43(18-30-53)55-41-61-62(82-68(46-15-23-48(24-16-46)74(78,79)80)67(81-61)45-13-21-47(22-14-45)73(75,76)77)42-56(55)44-19-31-54(32-20-44)84-65-35-27-51(71(7,8)9)39-59(65)60-40-52(72(10,11)12)28-36-66(60)84/h13-42H,1-12H3. The van der Waals surface area contributed by atoms with E-state index < -0.39 is 23.5 Å². The maximum atomic E-state index is 13.9. The van der Waals surface area contributed by atoms with Crippen LogP contribution in [0.5, 0.6) is 0 Å². The third-order valence-electron chi connectivity index (χ3n) is 16.6. The molecule has 0 saturated carbocycles. The van der Waals surface area contributed by atoms with Gasteiger partial charge in [0.25, 0.3) is 0 Å². The van der Waals surface area contributed by atoms with Gasteiger partial charge in [-0.25, -0.2) is 9.97 Å². The fourth-order valence-electron chi connectivity index (χ4n) is 11.7. The van der Waals surface area contributed by atoms with Crippen LogP contribution in [-0.2, 0) is 34.0 Å². The lowest BCUT2D eigenvalue weighted by Crippen LogP contribution is -2.10. The molecule has 12 rings (SSSR count). The monoisotopic (exact) mass is 1120 g/mol. The second-order valence-electron chi connectivity index (χ2n) is 26.6. The van der Waals surface area contributed by atoms with Crippen molar-refractivity contribution in [2.45, 2.75) is 117 Å². The number of benzene rings is 9. The first kappa shape index (κ1) is 56.0. The van der Waals surface area contributed by atoms with E-state index in [1.807, 2.05) is 12.1 Å². The van der Waals surface area contributed by atoms with Crippen LogP contribution in [0.25, 0.3) is 111 Å². The van der Waals surface area contributed by atoms with Crippen molar-refractivity contribution < 1.29 is 26.3 Å².